The third-order valence-electron chi connectivity index (χ3n) is 4.56. The van der Waals surface area contributed by atoms with E-state index >= 15 is 0 Å². The minimum Gasteiger partial charge on any atom is -0.304 e. The molecule has 0 saturated heterocycles. The Hall–Kier alpha value is -2.53. The van der Waals surface area contributed by atoms with Crippen molar-refractivity contribution in [1.82, 2.24) is 4.98 Å². The highest BCUT2D eigenvalue weighted by Crippen LogP contribution is 2.32. The summed E-state index contributed by atoms with van der Waals surface area (Å²) in [6, 6.07) is 14.3. The highest BCUT2D eigenvalue weighted by molar-refractivity contribution is 7.13. The van der Waals surface area contributed by atoms with Crippen LogP contribution < -0.4 is 4.90 Å². The Morgan fingerprint density at radius 3 is 2.76 bits per heavy atom. The maximum Gasteiger partial charge on any atom is 0.278 e. The van der Waals surface area contributed by atoms with Gasteiger partial charge in [-0.1, -0.05) is 18.2 Å². The first-order valence-corrected chi connectivity index (χ1v) is 9.14. The summed E-state index contributed by atoms with van der Waals surface area (Å²) < 4.78 is 13.1. The number of amides is 1. The molecule has 1 amide bonds. The highest BCUT2D eigenvalue weighted by Gasteiger charge is 2.30. The van der Waals surface area contributed by atoms with E-state index in [4.69, 9.17) is 0 Å². The molecule has 2 heterocycles. The van der Waals surface area contributed by atoms with Crippen molar-refractivity contribution >= 4 is 22.9 Å². The largest absolute Gasteiger partial charge is 0.304 e. The number of para-hydroxylation sites is 1. The van der Waals surface area contributed by atoms with E-state index in [2.05, 4.69) is 18.0 Å². The van der Waals surface area contributed by atoms with Gasteiger partial charge < -0.3 is 4.90 Å². The second-order valence-corrected chi connectivity index (χ2v) is 7.09. The predicted octanol–water partition coefficient (Wildman–Crippen LogP) is 4.93. The third-order valence-corrected chi connectivity index (χ3v) is 5.45. The smallest absolute Gasteiger partial charge is 0.278 e. The van der Waals surface area contributed by atoms with Crippen molar-refractivity contribution in [3.63, 3.8) is 0 Å². The SMILES string of the molecule is CC1CCc2ccccc2N1C(=O)c1csc(-c2ccc(F)cc2)n1. The lowest BCUT2D eigenvalue weighted by Gasteiger charge is -2.34. The van der Waals surface area contributed by atoms with Gasteiger partial charge in [-0.3, -0.25) is 4.79 Å². The molecule has 3 nitrogen and oxygen atoms in total. The summed E-state index contributed by atoms with van der Waals surface area (Å²) >= 11 is 1.40. The number of hydrogen-bond acceptors (Lipinski definition) is 3. The number of fused-ring (bicyclic) bond motifs is 1. The number of thiazole rings is 1. The van der Waals surface area contributed by atoms with Crippen LogP contribution in [0.4, 0.5) is 10.1 Å². The summed E-state index contributed by atoms with van der Waals surface area (Å²) in [5.41, 5.74) is 3.43. The number of anilines is 1. The molecule has 4 rings (SSSR count). The predicted molar refractivity (Wildman–Crippen MR) is 98.5 cm³/mol. The van der Waals surface area contributed by atoms with Crippen LogP contribution >= 0.6 is 11.3 Å². The van der Waals surface area contributed by atoms with E-state index in [0.29, 0.717) is 5.69 Å². The van der Waals surface area contributed by atoms with Gasteiger partial charge in [-0.15, -0.1) is 11.3 Å². The molecule has 0 radical (unpaired) electrons. The van der Waals surface area contributed by atoms with Crippen LogP contribution in [0, 0.1) is 5.82 Å². The first-order chi connectivity index (χ1) is 12.1. The summed E-state index contributed by atoms with van der Waals surface area (Å²) in [5, 5.41) is 2.51. The fourth-order valence-corrected chi connectivity index (χ4v) is 4.02. The van der Waals surface area contributed by atoms with Crippen LogP contribution in [0.3, 0.4) is 0 Å². The van der Waals surface area contributed by atoms with Gasteiger partial charge in [0.25, 0.3) is 5.91 Å². The maximum atomic E-state index is 13.1. The van der Waals surface area contributed by atoms with Gasteiger partial charge in [0, 0.05) is 22.7 Å². The van der Waals surface area contributed by atoms with Gasteiger partial charge in [0.15, 0.2) is 0 Å². The van der Waals surface area contributed by atoms with E-state index in [0.717, 1.165) is 29.1 Å². The molecule has 1 aromatic heterocycles. The fourth-order valence-electron chi connectivity index (χ4n) is 3.22. The van der Waals surface area contributed by atoms with Crippen LogP contribution in [-0.4, -0.2) is 16.9 Å². The quantitative estimate of drug-likeness (QED) is 0.655. The Bertz CT molecular complexity index is 919. The Morgan fingerprint density at radius 1 is 1.20 bits per heavy atom. The van der Waals surface area contributed by atoms with Crippen molar-refractivity contribution in [2.75, 3.05) is 4.90 Å². The molecule has 25 heavy (non-hydrogen) atoms. The van der Waals surface area contributed by atoms with E-state index in [1.54, 1.807) is 17.5 Å². The first-order valence-electron chi connectivity index (χ1n) is 8.26. The Kier molecular flexibility index (Phi) is 4.09. The standard InChI is InChI=1S/C20H17FN2OS/c1-13-6-7-14-4-2-3-5-18(14)23(13)20(24)17-12-25-19(22-17)15-8-10-16(21)11-9-15/h2-5,8-13H,6-7H2,1H3. The van der Waals surface area contributed by atoms with Gasteiger partial charge in [-0.25, -0.2) is 9.37 Å². The number of hydrogen-bond donors (Lipinski definition) is 0. The lowest BCUT2D eigenvalue weighted by molar-refractivity contribution is 0.0971. The summed E-state index contributed by atoms with van der Waals surface area (Å²) in [6.07, 6.45) is 1.93. The van der Waals surface area contributed by atoms with Crippen LogP contribution in [0.25, 0.3) is 10.6 Å². The Morgan fingerprint density at radius 2 is 1.96 bits per heavy atom. The van der Waals surface area contributed by atoms with Crippen molar-refractivity contribution in [3.05, 3.63) is 71.0 Å². The van der Waals surface area contributed by atoms with Crippen LogP contribution in [0.15, 0.2) is 53.9 Å². The maximum absolute atomic E-state index is 13.1. The monoisotopic (exact) mass is 352 g/mol. The molecule has 0 fully saturated rings. The minimum absolute atomic E-state index is 0.0794. The zero-order chi connectivity index (χ0) is 17.4. The van der Waals surface area contributed by atoms with Gasteiger partial charge in [0.05, 0.1) is 0 Å². The molecule has 0 N–H and O–H groups in total. The van der Waals surface area contributed by atoms with Crippen molar-refractivity contribution in [2.24, 2.45) is 0 Å². The Balaban J connectivity index is 1.67. The van der Waals surface area contributed by atoms with Crippen molar-refractivity contribution in [2.45, 2.75) is 25.8 Å². The molecule has 5 heteroatoms. The van der Waals surface area contributed by atoms with Crippen molar-refractivity contribution in [3.8, 4) is 10.6 Å². The number of aryl methyl sites for hydroxylation is 1. The number of halogens is 1. The molecular formula is C20H17FN2OS. The molecule has 0 aliphatic carbocycles. The van der Waals surface area contributed by atoms with E-state index < -0.39 is 0 Å². The topological polar surface area (TPSA) is 33.2 Å². The molecule has 1 atom stereocenters. The normalized spacial score (nSPS) is 16.6. The van der Waals surface area contributed by atoms with E-state index in [9.17, 15) is 9.18 Å². The first kappa shape index (κ1) is 16.0. The van der Waals surface area contributed by atoms with E-state index in [1.807, 2.05) is 23.1 Å². The number of carbonyl (C=O) groups is 1. The molecule has 126 valence electrons. The lowest BCUT2D eigenvalue weighted by Crippen LogP contribution is -2.42. The summed E-state index contributed by atoms with van der Waals surface area (Å²) in [4.78, 5) is 19.4. The van der Waals surface area contributed by atoms with Gasteiger partial charge in [0.1, 0.15) is 16.5 Å². The molecule has 0 saturated carbocycles. The van der Waals surface area contributed by atoms with Gasteiger partial charge in [-0.2, -0.15) is 0 Å². The summed E-state index contributed by atoms with van der Waals surface area (Å²) in [7, 11) is 0. The molecule has 1 unspecified atom stereocenters. The highest BCUT2D eigenvalue weighted by atomic mass is 32.1. The average Bonchev–Trinajstić information content (AvgIpc) is 3.12. The fraction of sp³-hybridized carbons (Fsp3) is 0.200. The van der Waals surface area contributed by atoms with Crippen LogP contribution in [0.2, 0.25) is 0 Å². The van der Waals surface area contributed by atoms with E-state index in [-0.39, 0.29) is 17.8 Å². The zero-order valence-electron chi connectivity index (χ0n) is 13.8. The van der Waals surface area contributed by atoms with Gasteiger partial charge >= 0.3 is 0 Å². The van der Waals surface area contributed by atoms with E-state index in [1.165, 1.54) is 29.0 Å². The summed E-state index contributed by atoms with van der Waals surface area (Å²) in [5.74, 6) is -0.361. The second kappa shape index (κ2) is 6.41. The number of rotatable bonds is 2. The van der Waals surface area contributed by atoms with Crippen LogP contribution in [0.1, 0.15) is 29.4 Å². The molecule has 0 bridgehead atoms. The number of aromatic nitrogens is 1. The third kappa shape index (κ3) is 2.96. The molecular weight excluding hydrogens is 335 g/mol. The minimum atomic E-state index is -0.282. The second-order valence-electron chi connectivity index (χ2n) is 6.24. The average molecular weight is 352 g/mol. The van der Waals surface area contributed by atoms with Crippen LogP contribution in [0.5, 0.6) is 0 Å². The Labute approximate surface area is 149 Å². The molecule has 1 aliphatic heterocycles. The number of carbonyl (C=O) groups excluding carboxylic acids is 1. The van der Waals surface area contributed by atoms with Gasteiger partial charge in [0.2, 0.25) is 0 Å². The molecule has 1 aliphatic rings. The molecule has 3 aromatic rings. The summed E-state index contributed by atoms with van der Waals surface area (Å²) in [6.45, 7) is 2.07. The lowest BCUT2D eigenvalue weighted by atomic mass is 9.96. The molecule has 2 aromatic carbocycles. The number of nitrogens with zero attached hydrogens (tertiary/aromatic N) is 2. The zero-order valence-corrected chi connectivity index (χ0v) is 14.6. The van der Waals surface area contributed by atoms with Gasteiger partial charge in [-0.05, 0) is 55.7 Å². The van der Waals surface area contributed by atoms with Crippen molar-refractivity contribution in [1.29, 1.82) is 0 Å². The molecule has 0 spiro atoms. The number of benzene rings is 2. The van der Waals surface area contributed by atoms with Crippen LogP contribution in [-0.2, 0) is 6.42 Å². The van der Waals surface area contributed by atoms with Crippen molar-refractivity contribution < 1.29 is 9.18 Å².